The summed E-state index contributed by atoms with van der Waals surface area (Å²) in [5.41, 5.74) is 0. The van der Waals surface area contributed by atoms with Gasteiger partial charge in [0.2, 0.25) is 0 Å². The quantitative estimate of drug-likeness (QED) is 0.495. The minimum Gasteiger partial charge on any atom is -0.305 e. The van der Waals surface area contributed by atoms with Crippen molar-refractivity contribution in [2.45, 2.75) is 25.4 Å². The smallest absolute Gasteiger partial charge is 0.0293 e. The first-order valence-electron chi connectivity index (χ1n) is 3.53. The molecule has 1 aliphatic rings. The molecule has 1 saturated heterocycles. The van der Waals surface area contributed by atoms with Crippen molar-refractivity contribution in [1.82, 2.24) is 10.2 Å². The number of hydrogen-bond donors (Lipinski definition) is 0. The molecule has 0 aliphatic carbocycles. The minimum atomic E-state index is 0.595. The second-order valence-electron chi connectivity index (χ2n) is 3.07. The van der Waals surface area contributed by atoms with E-state index in [1.807, 2.05) is 0 Å². The molecule has 0 aromatic heterocycles. The Bertz CT molecular complexity index is 90.9. The minimum absolute atomic E-state index is 0.595. The van der Waals surface area contributed by atoms with Gasteiger partial charge in [0.15, 0.2) is 0 Å². The van der Waals surface area contributed by atoms with Crippen molar-refractivity contribution in [2.24, 2.45) is 0 Å². The molecule has 0 saturated carbocycles. The largest absolute Gasteiger partial charge is 0.305 e. The molecular formula is C7H15N2. The third-order valence-corrected chi connectivity index (χ3v) is 1.97. The molecule has 2 heteroatoms. The SMILES string of the molecule is CC1CC(N(C)C)C[N]1. The maximum absolute atomic E-state index is 4.40. The number of rotatable bonds is 1. The summed E-state index contributed by atoms with van der Waals surface area (Å²) in [6, 6.07) is 1.30. The predicted molar refractivity (Wildman–Crippen MR) is 38.6 cm³/mol. The van der Waals surface area contributed by atoms with Crippen molar-refractivity contribution in [3.63, 3.8) is 0 Å². The molecule has 2 unspecified atom stereocenters. The summed E-state index contributed by atoms with van der Waals surface area (Å²) in [5, 5.41) is 4.40. The molecule has 0 amide bonds. The molecule has 0 aromatic carbocycles. The maximum Gasteiger partial charge on any atom is 0.0293 e. The molecule has 1 rings (SSSR count). The zero-order chi connectivity index (χ0) is 6.85. The Morgan fingerprint density at radius 2 is 2.11 bits per heavy atom. The highest BCUT2D eigenvalue weighted by Crippen LogP contribution is 2.10. The Morgan fingerprint density at radius 1 is 1.44 bits per heavy atom. The van der Waals surface area contributed by atoms with Crippen molar-refractivity contribution in [1.29, 1.82) is 0 Å². The van der Waals surface area contributed by atoms with E-state index in [4.69, 9.17) is 0 Å². The molecule has 1 aliphatic heterocycles. The molecule has 2 atom stereocenters. The lowest BCUT2D eigenvalue weighted by atomic mass is 10.2. The Hall–Kier alpha value is -0.0800. The Kier molecular flexibility index (Phi) is 2.09. The van der Waals surface area contributed by atoms with Gasteiger partial charge in [0, 0.05) is 18.6 Å². The molecule has 1 heterocycles. The summed E-state index contributed by atoms with van der Waals surface area (Å²) >= 11 is 0. The third-order valence-electron chi connectivity index (χ3n) is 1.97. The zero-order valence-corrected chi connectivity index (χ0v) is 6.46. The highest BCUT2D eigenvalue weighted by Gasteiger charge is 2.22. The summed E-state index contributed by atoms with van der Waals surface area (Å²) in [5.74, 6) is 0. The van der Waals surface area contributed by atoms with E-state index in [-0.39, 0.29) is 0 Å². The van der Waals surface area contributed by atoms with Gasteiger partial charge in [-0.15, -0.1) is 0 Å². The molecule has 0 spiro atoms. The van der Waals surface area contributed by atoms with Gasteiger partial charge in [-0.05, 0) is 27.4 Å². The van der Waals surface area contributed by atoms with Crippen molar-refractivity contribution >= 4 is 0 Å². The van der Waals surface area contributed by atoms with Crippen LogP contribution in [0.25, 0.3) is 0 Å². The fourth-order valence-electron chi connectivity index (χ4n) is 1.22. The first-order chi connectivity index (χ1) is 4.20. The van der Waals surface area contributed by atoms with Gasteiger partial charge in [-0.3, -0.25) is 0 Å². The molecular weight excluding hydrogens is 112 g/mol. The van der Waals surface area contributed by atoms with Crippen molar-refractivity contribution in [3.05, 3.63) is 0 Å². The average molecular weight is 127 g/mol. The molecule has 1 fully saturated rings. The van der Waals surface area contributed by atoms with Crippen LogP contribution in [-0.4, -0.2) is 37.6 Å². The van der Waals surface area contributed by atoms with Crippen LogP contribution in [0, 0.1) is 0 Å². The lowest BCUT2D eigenvalue weighted by Gasteiger charge is -2.16. The zero-order valence-electron chi connectivity index (χ0n) is 6.46. The van der Waals surface area contributed by atoms with E-state index < -0.39 is 0 Å². The molecule has 2 nitrogen and oxygen atoms in total. The van der Waals surface area contributed by atoms with Crippen LogP contribution in [0.3, 0.4) is 0 Å². The van der Waals surface area contributed by atoms with Gasteiger partial charge < -0.3 is 4.90 Å². The van der Waals surface area contributed by atoms with Crippen LogP contribution < -0.4 is 5.32 Å². The van der Waals surface area contributed by atoms with E-state index in [0.29, 0.717) is 12.1 Å². The van der Waals surface area contributed by atoms with E-state index in [0.717, 1.165) is 6.54 Å². The van der Waals surface area contributed by atoms with Gasteiger partial charge in [0.25, 0.3) is 0 Å². The number of nitrogens with zero attached hydrogens (tertiary/aromatic N) is 2. The normalized spacial score (nSPS) is 36.0. The standard InChI is InChI=1S/C7H15N2/c1-6-4-7(5-8-6)9(2)3/h6-7H,4-5H2,1-3H3. The molecule has 53 valence electrons. The summed E-state index contributed by atoms with van der Waals surface area (Å²) in [6.45, 7) is 3.22. The monoisotopic (exact) mass is 127 g/mol. The van der Waals surface area contributed by atoms with Crippen molar-refractivity contribution in [3.8, 4) is 0 Å². The van der Waals surface area contributed by atoms with E-state index >= 15 is 0 Å². The Balaban J connectivity index is 2.30. The third kappa shape index (κ3) is 1.66. The topological polar surface area (TPSA) is 17.3 Å². The lowest BCUT2D eigenvalue weighted by molar-refractivity contribution is 0.310. The van der Waals surface area contributed by atoms with Gasteiger partial charge >= 0.3 is 0 Å². The second kappa shape index (κ2) is 2.67. The maximum atomic E-state index is 4.40. The van der Waals surface area contributed by atoms with Crippen LogP contribution in [0.4, 0.5) is 0 Å². The summed E-state index contributed by atoms with van der Waals surface area (Å²) in [6.07, 6.45) is 1.24. The molecule has 0 aromatic rings. The van der Waals surface area contributed by atoms with Gasteiger partial charge in [0.05, 0.1) is 0 Å². The van der Waals surface area contributed by atoms with E-state index in [1.54, 1.807) is 0 Å². The van der Waals surface area contributed by atoms with Crippen LogP contribution in [0.2, 0.25) is 0 Å². The fourth-order valence-corrected chi connectivity index (χ4v) is 1.22. The van der Waals surface area contributed by atoms with Crippen molar-refractivity contribution < 1.29 is 0 Å². The summed E-state index contributed by atoms with van der Waals surface area (Å²) in [4.78, 5) is 2.26. The predicted octanol–water partition coefficient (Wildman–Crippen LogP) is 0.313. The summed E-state index contributed by atoms with van der Waals surface area (Å²) < 4.78 is 0. The van der Waals surface area contributed by atoms with Crippen LogP contribution in [-0.2, 0) is 0 Å². The number of likely N-dealkylation sites (N-methyl/N-ethyl adjacent to an activating group) is 1. The van der Waals surface area contributed by atoms with Gasteiger partial charge in [-0.2, -0.15) is 0 Å². The highest BCUT2D eigenvalue weighted by molar-refractivity contribution is 4.82. The Morgan fingerprint density at radius 3 is 2.33 bits per heavy atom. The van der Waals surface area contributed by atoms with Crippen LogP contribution in [0.5, 0.6) is 0 Å². The number of hydrogen-bond acceptors (Lipinski definition) is 1. The van der Waals surface area contributed by atoms with Crippen molar-refractivity contribution in [2.75, 3.05) is 20.6 Å². The van der Waals surface area contributed by atoms with Crippen LogP contribution in [0.15, 0.2) is 0 Å². The Labute approximate surface area is 57.2 Å². The second-order valence-corrected chi connectivity index (χ2v) is 3.07. The molecule has 0 N–H and O–H groups in total. The molecule has 1 radical (unpaired) electrons. The van der Waals surface area contributed by atoms with Gasteiger partial charge in [0.1, 0.15) is 0 Å². The molecule has 0 bridgehead atoms. The van der Waals surface area contributed by atoms with E-state index in [9.17, 15) is 0 Å². The summed E-state index contributed by atoms with van der Waals surface area (Å²) in [7, 11) is 4.25. The van der Waals surface area contributed by atoms with E-state index in [2.05, 4.69) is 31.2 Å². The van der Waals surface area contributed by atoms with Gasteiger partial charge in [-0.25, -0.2) is 5.32 Å². The highest BCUT2D eigenvalue weighted by atomic mass is 15.2. The van der Waals surface area contributed by atoms with E-state index in [1.165, 1.54) is 6.42 Å². The fraction of sp³-hybridized carbons (Fsp3) is 1.00. The first-order valence-corrected chi connectivity index (χ1v) is 3.53. The van der Waals surface area contributed by atoms with Gasteiger partial charge in [-0.1, -0.05) is 0 Å². The lowest BCUT2D eigenvalue weighted by Crippen LogP contribution is -2.28. The van der Waals surface area contributed by atoms with Crippen LogP contribution in [0.1, 0.15) is 13.3 Å². The first kappa shape index (κ1) is 7.03. The average Bonchev–Trinajstić information content (AvgIpc) is 2.14. The van der Waals surface area contributed by atoms with Crippen LogP contribution >= 0.6 is 0 Å². The molecule has 9 heavy (non-hydrogen) atoms.